The van der Waals surface area contributed by atoms with Gasteiger partial charge in [-0.15, -0.1) is 0 Å². The normalized spacial score (nSPS) is 10.0. The topological polar surface area (TPSA) is 79.5 Å². The minimum atomic E-state index is -0.331. The standard InChI is InChI=1S/C22H21N3O3/c1-28-20-13-7-16(8-14-20)15-21(26)23-18-9-11-19(12-10-18)25-22(27)24-17-5-3-2-4-6-17/h2-14H,15H2,1H3,(H,23,26)(H2,24,25,27). The van der Waals surface area contributed by atoms with E-state index in [2.05, 4.69) is 16.0 Å². The number of amides is 3. The van der Waals surface area contributed by atoms with Crippen molar-refractivity contribution in [3.05, 3.63) is 84.4 Å². The van der Waals surface area contributed by atoms with Gasteiger partial charge < -0.3 is 20.7 Å². The van der Waals surface area contributed by atoms with E-state index in [1.807, 2.05) is 42.5 Å². The van der Waals surface area contributed by atoms with Crippen molar-refractivity contribution in [3.8, 4) is 5.75 Å². The van der Waals surface area contributed by atoms with Crippen molar-refractivity contribution in [3.63, 3.8) is 0 Å². The Morgan fingerprint density at radius 3 is 1.82 bits per heavy atom. The van der Waals surface area contributed by atoms with E-state index in [-0.39, 0.29) is 18.4 Å². The van der Waals surface area contributed by atoms with Crippen molar-refractivity contribution < 1.29 is 14.3 Å². The molecule has 3 N–H and O–H groups in total. The number of para-hydroxylation sites is 1. The average molecular weight is 375 g/mol. The summed E-state index contributed by atoms with van der Waals surface area (Å²) < 4.78 is 5.11. The number of hydrogen-bond acceptors (Lipinski definition) is 3. The minimum absolute atomic E-state index is 0.118. The van der Waals surface area contributed by atoms with Crippen molar-refractivity contribution in [2.45, 2.75) is 6.42 Å². The van der Waals surface area contributed by atoms with Gasteiger partial charge in [-0.1, -0.05) is 30.3 Å². The van der Waals surface area contributed by atoms with Crippen LogP contribution in [0.2, 0.25) is 0 Å². The molecule has 0 radical (unpaired) electrons. The first-order chi connectivity index (χ1) is 13.6. The van der Waals surface area contributed by atoms with Crippen LogP contribution in [0.4, 0.5) is 21.9 Å². The highest BCUT2D eigenvalue weighted by atomic mass is 16.5. The van der Waals surface area contributed by atoms with E-state index in [0.29, 0.717) is 17.1 Å². The summed E-state index contributed by atoms with van der Waals surface area (Å²) in [6.45, 7) is 0. The number of urea groups is 1. The molecule has 0 aliphatic carbocycles. The van der Waals surface area contributed by atoms with Crippen molar-refractivity contribution >= 4 is 29.0 Å². The molecule has 3 amide bonds. The molecule has 3 aromatic carbocycles. The van der Waals surface area contributed by atoms with Crippen molar-refractivity contribution in [2.24, 2.45) is 0 Å². The number of anilines is 3. The number of nitrogens with one attached hydrogen (secondary N) is 3. The van der Waals surface area contributed by atoms with Crippen molar-refractivity contribution in [2.75, 3.05) is 23.1 Å². The molecule has 6 heteroatoms. The maximum absolute atomic E-state index is 12.2. The molecule has 3 aromatic rings. The molecule has 0 aliphatic heterocycles. The lowest BCUT2D eigenvalue weighted by molar-refractivity contribution is -0.115. The number of hydrogen-bond donors (Lipinski definition) is 3. The van der Waals surface area contributed by atoms with Gasteiger partial charge >= 0.3 is 6.03 Å². The van der Waals surface area contributed by atoms with Gasteiger partial charge in [0, 0.05) is 17.1 Å². The molecule has 0 spiro atoms. The summed E-state index contributed by atoms with van der Waals surface area (Å²) in [6.07, 6.45) is 0.267. The number of methoxy groups -OCH3 is 1. The molecular formula is C22H21N3O3. The predicted octanol–water partition coefficient (Wildman–Crippen LogP) is 4.52. The molecule has 142 valence electrons. The Labute approximate surface area is 163 Å². The smallest absolute Gasteiger partial charge is 0.323 e. The first kappa shape index (κ1) is 19.0. The number of carbonyl (C=O) groups is 2. The summed E-state index contributed by atoms with van der Waals surface area (Å²) in [5.74, 6) is 0.635. The molecule has 0 heterocycles. The minimum Gasteiger partial charge on any atom is -0.497 e. The van der Waals surface area contributed by atoms with Gasteiger partial charge in [0.1, 0.15) is 5.75 Å². The summed E-state index contributed by atoms with van der Waals surface area (Å²) in [7, 11) is 1.60. The zero-order chi connectivity index (χ0) is 19.8. The maximum Gasteiger partial charge on any atom is 0.323 e. The summed E-state index contributed by atoms with van der Waals surface area (Å²) >= 11 is 0. The monoisotopic (exact) mass is 375 g/mol. The quantitative estimate of drug-likeness (QED) is 0.593. The predicted molar refractivity (Wildman–Crippen MR) is 111 cm³/mol. The van der Waals surface area contributed by atoms with Crippen LogP contribution in [0.5, 0.6) is 5.75 Å². The Bertz CT molecular complexity index is 924. The highest BCUT2D eigenvalue weighted by Crippen LogP contribution is 2.16. The van der Waals surface area contributed by atoms with E-state index >= 15 is 0 Å². The second-order valence-electron chi connectivity index (χ2n) is 6.10. The third-order valence-electron chi connectivity index (χ3n) is 3.98. The summed E-state index contributed by atoms with van der Waals surface area (Å²) in [4.78, 5) is 24.2. The van der Waals surface area contributed by atoms with Gasteiger partial charge in [-0.2, -0.15) is 0 Å². The van der Waals surface area contributed by atoms with Crippen molar-refractivity contribution in [1.29, 1.82) is 0 Å². The van der Waals surface area contributed by atoms with E-state index in [4.69, 9.17) is 4.74 Å². The highest BCUT2D eigenvalue weighted by molar-refractivity contribution is 6.00. The molecule has 0 atom stereocenters. The molecule has 3 rings (SSSR count). The molecule has 0 saturated carbocycles. The lowest BCUT2D eigenvalue weighted by atomic mass is 10.1. The number of benzene rings is 3. The van der Waals surface area contributed by atoms with Gasteiger partial charge in [0.15, 0.2) is 0 Å². The number of ether oxygens (including phenoxy) is 1. The van der Waals surface area contributed by atoms with Crippen molar-refractivity contribution in [1.82, 2.24) is 0 Å². The van der Waals surface area contributed by atoms with Crippen LogP contribution in [0.1, 0.15) is 5.56 Å². The first-order valence-electron chi connectivity index (χ1n) is 8.78. The Hall–Kier alpha value is -3.80. The summed E-state index contributed by atoms with van der Waals surface area (Å²) in [5, 5.41) is 8.33. The molecular weight excluding hydrogens is 354 g/mol. The van der Waals surface area contributed by atoms with Gasteiger partial charge in [-0.3, -0.25) is 4.79 Å². The van der Waals surface area contributed by atoms with Crippen LogP contribution in [0.25, 0.3) is 0 Å². The van der Waals surface area contributed by atoms with Gasteiger partial charge in [-0.05, 0) is 54.1 Å². The maximum atomic E-state index is 12.2. The zero-order valence-electron chi connectivity index (χ0n) is 15.4. The van der Waals surface area contributed by atoms with Gasteiger partial charge in [0.25, 0.3) is 0 Å². The molecule has 6 nitrogen and oxygen atoms in total. The largest absolute Gasteiger partial charge is 0.497 e. The van der Waals surface area contributed by atoms with Crippen LogP contribution in [-0.2, 0) is 11.2 Å². The lowest BCUT2D eigenvalue weighted by Gasteiger charge is -2.09. The second-order valence-corrected chi connectivity index (χ2v) is 6.10. The SMILES string of the molecule is COc1ccc(CC(=O)Nc2ccc(NC(=O)Nc3ccccc3)cc2)cc1. The highest BCUT2D eigenvalue weighted by Gasteiger charge is 2.06. The molecule has 0 saturated heterocycles. The number of carbonyl (C=O) groups excluding carboxylic acids is 2. The fourth-order valence-corrected chi connectivity index (χ4v) is 2.59. The van der Waals surface area contributed by atoms with Crippen LogP contribution in [-0.4, -0.2) is 19.0 Å². The Balaban J connectivity index is 1.50. The van der Waals surface area contributed by atoms with E-state index in [0.717, 1.165) is 11.3 Å². The first-order valence-corrected chi connectivity index (χ1v) is 8.78. The Morgan fingerprint density at radius 1 is 0.714 bits per heavy atom. The molecule has 0 aliphatic rings. The fraction of sp³-hybridized carbons (Fsp3) is 0.0909. The van der Waals surface area contributed by atoms with Crippen LogP contribution >= 0.6 is 0 Å². The zero-order valence-corrected chi connectivity index (χ0v) is 15.4. The lowest BCUT2D eigenvalue weighted by Crippen LogP contribution is -2.19. The van der Waals surface area contributed by atoms with Crippen LogP contribution < -0.4 is 20.7 Å². The van der Waals surface area contributed by atoms with Crippen LogP contribution in [0.3, 0.4) is 0 Å². The summed E-state index contributed by atoms with van der Waals surface area (Å²) in [6, 6.07) is 23.2. The average Bonchev–Trinajstić information content (AvgIpc) is 2.71. The van der Waals surface area contributed by atoms with E-state index in [9.17, 15) is 9.59 Å². The van der Waals surface area contributed by atoms with E-state index < -0.39 is 0 Å². The third-order valence-corrected chi connectivity index (χ3v) is 3.98. The molecule has 0 unspecified atom stereocenters. The molecule has 28 heavy (non-hydrogen) atoms. The Morgan fingerprint density at radius 2 is 1.25 bits per heavy atom. The molecule has 0 bridgehead atoms. The fourth-order valence-electron chi connectivity index (χ4n) is 2.59. The summed E-state index contributed by atoms with van der Waals surface area (Å²) in [5.41, 5.74) is 2.89. The van der Waals surface area contributed by atoms with E-state index in [1.165, 1.54) is 0 Å². The Kier molecular flexibility index (Phi) is 6.25. The van der Waals surface area contributed by atoms with E-state index in [1.54, 1.807) is 43.5 Å². The third kappa shape index (κ3) is 5.60. The van der Waals surface area contributed by atoms with Crippen LogP contribution in [0, 0.1) is 0 Å². The van der Waals surface area contributed by atoms with Gasteiger partial charge in [0.05, 0.1) is 13.5 Å². The van der Waals surface area contributed by atoms with Crippen LogP contribution in [0.15, 0.2) is 78.9 Å². The second kappa shape index (κ2) is 9.23. The van der Waals surface area contributed by atoms with Gasteiger partial charge in [0.2, 0.25) is 5.91 Å². The molecule has 0 aromatic heterocycles. The number of rotatable bonds is 6. The van der Waals surface area contributed by atoms with Gasteiger partial charge in [-0.25, -0.2) is 4.79 Å². The molecule has 0 fully saturated rings.